The van der Waals surface area contributed by atoms with Gasteiger partial charge in [-0.05, 0) is 60.0 Å². The predicted octanol–water partition coefficient (Wildman–Crippen LogP) is 12.5. The third kappa shape index (κ3) is 4.58. The van der Waals surface area contributed by atoms with Gasteiger partial charge in [-0.2, -0.15) is 9.97 Å². The predicted molar refractivity (Wildman–Crippen MR) is 240 cm³/mol. The van der Waals surface area contributed by atoms with Gasteiger partial charge in [-0.1, -0.05) is 127 Å². The molecule has 5 heterocycles. The summed E-state index contributed by atoms with van der Waals surface area (Å²) in [5, 5.41) is 9.57. The van der Waals surface area contributed by atoms with E-state index in [4.69, 9.17) is 19.9 Å². The molecular weight excluding hydrogens is 723 g/mol. The van der Waals surface area contributed by atoms with Crippen LogP contribution in [0.15, 0.2) is 188 Å². The molecule has 0 saturated heterocycles. The zero-order valence-corrected chi connectivity index (χ0v) is 31.5. The van der Waals surface area contributed by atoms with E-state index in [2.05, 4.69) is 129 Å². The Bertz CT molecular complexity index is 3710. The van der Waals surface area contributed by atoms with Crippen LogP contribution in [0.5, 0.6) is 0 Å². The van der Waals surface area contributed by atoms with Crippen molar-refractivity contribution in [2.24, 2.45) is 0 Å². The minimum absolute atomic E-state index is 0.575. The maximum atomic E-state index is 5.15. The summed E-state index contributed by atoms with van der Waals surface area (Å²) in [6.45, 7) is 0. The monoisotopic (exact) mass is 753 g/mol. The van der Waals surface area contributed by atoms with Crippen LogP contribution >= 0.6 is 0 Å². The Morgan fingerprint density at radius 1 is 0.356 bits per heavy atom. The summed E-state index contributed by atoms with van der Waals surface area (Å²) in [6.07, 6.45) is 1.87. The van der Waals surface area contributed by atoms with Crippen molar-refractivity contribution in [3.8, 4) is 40.2 Å². The fourth-order valence-electron chi connectivity index (χ4n) is 9.42. The number of pyridine rings is 1. The van der Waals surface area contributed by atoms with Gasteiger partial charge in [-0.25, -0.2) is 9.97 Å². The molecule has 0 radical (unpaired) electrons. The largest absolute Gasteiger partial charge is 0.309 e. The summed E-state index contributed by atoms with van der Waals surface area (Å²) in [7, 11) is 0. The van der Waals surface area contributed by atoms with Crippen molar-refractivity contribution in [3.63, 3.8) is 0 Å². The first-order valence-electron chi connectivity index (χ1n) is 19.8. The summed E-state index contributed by atoms with van der Waals surface area (Å²) in [6, 6.07) is 64.1. The smallest absolute Gasteiger partial charge is 0.238 e. The van der Waals surface area contributed by atoms with Crippen LogP contribution in [0, 0.1) is 0 Å². The Kier molecular flexibility index (Phi) is 6.60. The number of para-hydroxylation sites is 2. The second-order valence-electron chi connectivity index (χ2n) is 15.1. The van der Waals surface area contributed by atoms with E-state index in [0.29, 0.717) is 17.6 Å². The first kappa shape index (κ1) is 32.0. The second-order valence-corrected chi connectivity index (χ2v) is 15.1. The van der Waals surface area contributed by atoms with Crippen molar-refractivity contribution in [3.05, 3.63) is 188 Å². The number of rotatable bonds is 5. The molecule has 0 aliphatic heterocycles. The molecule has 13 rings (SSSR count). The van der Waals surface area contributed by atoms with Gasteiger partial charge in [0.05, 0.1) is 33.1 Å². The van der Waals surface area contributed by atoms with Crippen LogP contribution in [0.3, 0.4) is 0 Å². The molecular formula is C52H31N7. The van der Waals surface area contributed by atoms with E-state index in [1.165, 1.54) is 48.9 Å². The number of benzene rings is 8. The van der Waals surface area contributed by atoms with Gasteiger partial charge in [0.15, 0.2) is 11.6 Å². The summed E-state index contributed by atoms with van der Waals surface area (Å²) in [4.78, 5) is 20.1. The second kappa shape index (κ2) is 12.2. The molecule has 0 spiro atoms. The van der Waals surface area contributed by atoms with E-state index in [-0.39, 0.29) is 0 Å². The molecule has 0 atom stereocenters. The first-order valence-corrected chi connectivity index (χ1v) is 19.8. The highest BCUT2D eigenvalue weighted by atomic mass is 15.2. The SMILES string of the molecule is c1ccc(-c2nc(-c3ccccc3)nc(-n3c4ccccc4c4cc(-n5c6cccc7ccc8c(c76)c5cc5c6ccccc6n(-c6ccccn6)c58)ccc43)n2)cc1. The molecule has 7 nitrogen and oxygen atoms in total. The van der Waals surface area contributed by atoms with Gasteiger partial charge in [-0.15, -0.1) is 0 Å². The third-order valence-electron chi connectivity index (χ3n) is 11.9. The molecule has 0 aliphatic carbocycles. The average Bonchev–Trinajstić information content (AvgIpc) is 3.95. The van der Waals surface area contributed by atoms with E-state index in [1.54, 1.807) is 0 Å². The lowest BCUT2D eigenvalue weighted by Gasteiger charge is -2.12. The molecule has 274 valence electrons. The van der Waals surface area contributed by atoms with Gasteiger partial charge < -0.3 is 4.57 Å². The summed E-state index contributed by atoms with van der Waals surface area (Å²) < 4.78 is 6.97. The minimum atomic E-state index is 0.575. The molecule has 13 aromatic rings. The van der Waals surface area contributed by atoms with Crippen LogP contribution in [0.4, 0.5) is 0 Å². The molecule has 0 aliphatic rings. The molecule has 0 saturated carbocycles. The van der Waals surface area contributed by atoms with E-state index in [9.17, 15) is 0 Å². The molecule has 59 heavy (non-hydrogen) atoms. The summed E-state index contributed by atoms with van der Waals surface area (Å²) in [5.74, 6) is 2.74. The summed E-state index contributed by atoms with van der Waals surface area (Å²) >= 11 is 0. The van der Waals surface area contributed by atoms with Gasteiger partial charge in [0.25, 0.3) is 0 Å². The molecule has 0 bridgehead atoms. The van der Waals surface area contributed by atoms with Gasteiger partial charge in [0.1, 0.15) is 5.82 Å². The summed E-state index contributed by atoms with van der Waals surface area (Å²) in [5.41, 5.74) is 9.66. The molecule has 0 fully saturated rings. The standard InChI is InChI=1S/C52H31N7/c1-3-14-33(15-4-1)50-54-51(34-16-5-2-6-17-34)56-52(55-50)58-41-21-9-7-19-36(41)39-30-35(26-28-43(39)58)57-44-23-13-18-32-25-27-38-48(47(32)44)45(57)31-40-37-20-8-10-22-42(37)59(49(38)40)46-24-11-12-29-53-46/h1-31H. The highest BCUT2D eigenvalue weighted by molar-refractivity contribution is 6.32. The maximum Gasteiger partial charge on any atom is 0.238 e. The highest BCUT2D eigenvalue weighted by Gasteiger charge is 2.24. The van der Waals surface area contributed by atoms with Crippen LogP contribution in [0.1, 0.15) is 0 Å². The number of hydrogen-bond acceptors (Lipinski definition) is 4. The Balaban J connectivity index is 1.10. The molecule has 7 heteroatoms. The van der Waals surface area contributed by atoms with Gasteiger partial charge >= 0.3 is 0 Å². The quantitative estimate of drug-likeness (QED) is 0.164. The topological polar surface area (TPSA) is 66.3 Å². The van der Waals surface area contributed by atoms with Crippen LogP contribution < -0.4 is 0 Å². The molecule has 0 N–H and O–H groups in total. The zero-order chi connectivity index (χ0) is 38.6. The normalized spacial score (nSPS) is 12.1. The maximum absolute atomic E-state index is 5.15. The third-order valence-corrected chi connectivity index (χ3v) is 11.9. The van der Waals surface area contributed by atoms with Crippen molar-refractivity contribution >= 4 is 76.2 Å². The van der Waals surface area contributed by atoms with Crippen molar-refractivity contribution in [2.45, 2.75) is 0 Å². The zero-order valence-electron chi connectivity index (χ0n) is 31.5. The lowest BCUT2D eigenvalue weighted by molar-refractivity contribution is 0.953. The molecule has 0 unspecified atom stereocenters. The van der Waals surface area contributed by atoms with Gasteiger partial charge in [0, 0.05) is 60.7 Å². The number of nitrogens with zero attached hydrogens (tertiary/aromatic N) is 7. The van der Waals surface area contributed by atoms with E-state index in [1.807, 2.05) is 72.9 Å². The van der Waals surface area contributed by atoms with Crippen molar-refractivity contribution < 1.29 is 0 Å². The number of aromatic nitrogens is 7. The van der Waals surface area contributed by atoms with Crippen LogP contribution in [0.25, 0.3) is 116 Å². The Hall–Kier alpha value is -8.16. The Labute approximate surface area is 337 Å². The van der Waals surface area contributed by atoms with Gasteiger partial charge in [0.2, 0.25) is 5.95 Å². The van der Waals surface area contributed by atoms with E-state index >= 15 is 0 Å². The number of hydrogen-bond donors (Lipinski definition) is 0. The average molecular weight is 754 g/mol. The highest BCUT2D eigenvalue weighted by Crippen LogP contribution is 2.46. The minimum Gasteiger partial charge on any atom is -0.309 e. The van der Waals surface area contributed by atoms with E-state index < -0.39 is 0 Å². The molecule has 0 amide bonds. The fourth-order valence-corrected chi connectivity index (χ4v) is 9.42. The Morgan fingerprint density at radius 3 is 1.73 bits per heavy atom. The molecule has 8 aromatic carbocycles. The van der Waals surface area contributed by atoms with Gasteiger partial charge in [-0.3, -0.25) is 9.13 Å². The Morgan fingerprint density at radius 2 is 1.00 bits per heavy atom. The first-order chi connectivity index (χ1) is 29.3. The lowest BCUT2D eigenvalue weighted by atomic mass is 9.99. The van der Waals surface area contributed by atoms with Crippen molar-refractivity contribution in [2.75, 3.05) is 0 Å². The fraction of sp³-hybridized carbons (Fsp3) is 0. The van der Waals surface area contributed by atoms with E-state index in [0.717, 1.165) is 50.0 Å². The van der Waals surface area contributed by atoms with Crippen LogP contribution in [-0.4, -0.2) is 33.6 Å². The number of fused-ring (bicyclic) bond motifs is 7. The van der Waals surface area contributed by atoms with Crippen LogP contribution in [-0.2, 0) is 0 Å². The van der Waals surface area contributed by atoms with Crippen molar-refractivity contribution in [1.82, 2.24) is 33.6 Å². The van der Waals surface area contributed by atoms with Crippen molar-refractivity contribution in [1.29, 1.82) is 0 Å². The van der Waals surface area contributed by atoms with Crippen LogP contribution in [0.2, 0.25) is 0 Å². The lowest BCUT2D eigenvalue weighted by Crippen LogP contribution is -2.06. The molecule has 5 aromatic heterocycles.